The van der Waals surface area contributed by atoms with Crippen molar-refractivity contribution in [3.8, 4) is 11.5 Å². The van der Waals surface area contributed by atoms with E-state index in [1.54, 1.807) is 30.3 Å². The number of ketones is 1. The minimum absolute atomic E-state index is 0.168. The van der Waals surface area contributed by atoms with Gasteiger partial charge in [0.2, 0.25) is 5.78 Å². The molecule has 2 aliphatic rings. The molecule has 0 bridgehead atoms. The normalized spacial score (nSPS) is 16.7. The monoisotopic (exact) mass is 437 g/mol. The van der Waals surface area contributed by atoms with Gasteiger partial charge >= 0.3 is 0 Å². The second-order valence-electron chi connectivity index (χ2n) is 7.27. The van der Waals surface area contributed by atoms with Crippen LogP contribution in [0.5, 0.6) is 11.5 Å². The second kappa shape index (κ2) is 7.80. The van der Waals surface area contributed by atoms with Crippen molar-refractivity contribution >= 4 is 35.1 Å². The standard InChI is InChI=1S/C24H17Cl2NO3/c25-17-7-6-16(20(26)11-17)10-22-23(28)18-8-9-21-19(24(18)30-22)13-27(14-29-21)12-15-4-2-1-3-5-15/h1-11H,12-14H2/b22-10-. The van der Waals surface area contributed by atoms with E-state index >= 15 is 0 Å². The van der Waals surface area contributed by atoms with Crippen LogP contribution in [0.1, 0.15) is 27.0 Å². The van der Waals surface area contributed by atoms with Gasteiger partial charge in [0.25, 0.3) is 0 Å². The molecule has 0 saturated heterocycles. The zero-order valence-corrected chi connectivity index (χ0v) is 17.4. The highest BCUT2D eigenvalue weighted by Crippen LogP contribution is 2.42. The van der Waals surface area contributed by atoms with Crippen molar-refractivity contribution in [1.82, 2.24) is 4.90 Å². The Morgan fingerprint density at radius 3 is 2.67 bits per heavy atom. The largest absolute Gasteiger partial charge is 0.478 e. The number of fused-ring (bicyclic) bond motifs is 3. The molecule has 0 amide bonds. The van der Waals surface area contributed by atoms with Gasteiger partial charge in [0.1, 0.15) is 18.2 Å². The van der Waals surface area contributed by atoms with Gasteiger partial charge in [0.15, 0.2) is 5.76 Å². The first kappa shape index (κ1) is 19.2. The van der Waals surface area contributed by atoms with Crippen LogP contribution in [0.25, 0.3) is 6.08 Å². The fourth-order valence-electron chi connectivity index (χ4n) is 3.71. The molecule has 3 aromatic rings. The van der Waals surface area contributed by atoms with E-state index in [4.69, 9.17) is 32.7 Å². The summed E-state index contributed by atoms with van der Waals surface area (Å²) in [7, 11) is 0. The van der Waals surface area contributed by atoms with E-state index in [1.807, 2.05) is 24.3 Å². The van der Waals surface area contributed by atoms with Gasteiger partial charge in [-0.15, -0.1) is 0 Å². The number of carbonyl (C=O) groups excluding carboxylic acids is 1. The van der Waals surface area contributed by atoms with Crippen molar-refractivity contribution in [2.24, 2.45) is 0 Å². The summed E-state index contributed by atoms with van der Waals surface area (Å²) in [5, 5.41) is 0.996. The molecule has 0 atom stereocenters. The number of Topliss-reactive ketones (excluding diaryl/α,β-unsaturated/α-hetero) is 1. The molecular formula is C24H17Cl2NO3. The van der Waals surface area contributed by atoms with Gasteiger partial charge < -0.3 is 9.47 Å². The highest BCUT2D eigenvalue weighted by atomic mass is 35.5. The highest BCUT2D eigenvalue weighted by Gasteiger charge is 2.33. The molecule has 3 aromatic carbocycles. The number of nitrogens with zero attached hydrogens (tertiary/aromatic N) is 1. The molecule has 0 N–H and O–H groups in total. The fourth-order valence-corrected chi connectivity index (χ4v) is 4.17. The maximum Gasteiger partial charge on any atom is 0.231 e. The van der Waals surface area contributed by atoms with Crippen molar-refractivity contribution in [3.05, 3.63) is 98.7 Å². The first-order chi connectivity index (χ1) is 14.6. The third kappa shape index (κ3) is 3.58. The number of allylic oxidation sites excluding steroid dienone is 1. The molecule has 0 saturated carbocycles. The SMILES string of the molecule is O=C1/C(=C/c2ccc(Cl)cc2Cl)Oc2c1ccc1c2CN(Cc2ccccc2)CO1. The first-order valence-electron chi connectivity index (χ1n) is 9.53. The molecular weight excluding hydrogens is 421 g/mol. The van der Waals surface area contributed by atoms with Crippen LogP contribution in [0.3, 0.4) is 0 Å². The van der Waals surface area contributed by atoms with Gasteiger partial charge in [-0.2, -0.15) is 0 Å². The van der Waals surface area contributed by atoms with Crippen molar-refractivity contribution in [3.63, 3.8) is 0 Å². The van der Waals surface area contributed by atoms with E-state index < -0.39 is 0 Å². The van der Waals surface area contributed by atoms with E-state index in [2.05, 4.69) is 17.0 Å². The van der Waals surface area contributed by atoms with E-state index in [0.29, 0.717) is 40.2 Å². The molecule has 0 spiro atoms. The van der Waals surface area contributed by atoms with Gasteiger partial charge in [-0.1, -0.05) is 59.6 Å². The van der Waals surface area contributed by atoms with Crippen LogP contribution in [0, 0.1) is 0 Å². The summed E-state index contributed by atoms with van der Waals surface area (Å²) in [6, 6.07) is 18.9. The van der Waals surface area contributed by atoms with Gasteiger partial charge in [-0.05, 0) is 41.5 Å². The Bertz CT molecular complexity index is 1170. The number of halogens is 2. The second-order valence-corrected chi connectivity index (χ2v) is 8.11. The molecule has 30 heavy (non-hydrogen) atoms. The van der Waals surface area contributed by atoms with Crippen LogP contribution in [0.15, 0.2) is 66.4 Å². The minimum atomic E-state index is -0.168. The minimum Gasteiger partial charge on any atom is -0.478 e. The smallest absolute Gasteiger partial charge is 0.231 e. The lowest BCUT2D eigenvalue weighted by Crippen LogP contribution is -2.31. The number of ether oxygens (including phenoxy) is 2. The Morgan fingerprint density at radius 2 is 1.87 bits per heavy atom. The zero-order chi connectivity index (χ0) is 20.7. The summed E-state index contributed by atoms with van der Waals surface area (Å²) in [5.41, 5.74) is 3.30. The average molecular weight is 438 g/mol. The van der Waals surface area contributed by atoms with E-state index in [0.717, 1.165) is 17.9 Å². The Morgan fingerprint density at radius 1 is 1.03 bits per heavy atom. The highest BCUT2D eigenvalue weighted by molar-refractivity contribution is 6.35. The predicted octanol–water partition coefficient (Wildman–Crippen LogP) is 5.96. The summed E-state index contributed by atoms with van der Waals surface area (Å²) in [6.07, 6.45) is 1.65. The average Bonchev–Trinajstić information content (AvgIpc) is 3.07. The van der Waals surface area contributed by atoms with Crippen molar-refractivity contribution in [2.45, 2.75) is 13.1 Å². The summed E-state index contributed by atoms with van der Waals surface area (Å²) in [6.45, 7) is 1.87. The zero-order valence-electron chi connectivity index (χ0n) is 15.9. The van der Waals surface area contributed by atoms with Crippen LogP contribution < -0.4 is 9.47 Å². The molecule has 6 heteroatoms. The van der Waals surface area contributed by atoms with Gasteiger partial charge in [-0.3, -0.25) is 9.69 Å². The van der Waals surface area contributed by atoms with E-state index in [-0.39, 0.29) is 11.5 Å². The fraction of sp³-hybridized carbons (Fsp3) is 0.125. The molecule has 2 heterocycles. The maximum absolute atomic E-state index is 12.9. The lowest BCUT2D eigenvalue weighted by molar-refractivity contribution is 0.0873. The predicted molar refractivity (Wildman–Crippen MR) is 117 cm³/mol. The number of benzene rings is 3. The lowest BCUT2D eigenvalue weighted by atomic mass is 10.0. The molecule has 0 fully saturated rings. The van der Waals surface area contributed by atoms with Crippen molar-refractivity contribution in [1.29, 1.82) is 0 Å². The van der Waals surface area contributed by atoms with Crippen LogP contribution in [-0.2, 0) is 13.1 Å². The number of rotatable bonds is 3. The summed E-state index contributed by atoms with van der Waals surface area (Å²) in [5.74, 6) is 1.38. The number of carbonyl (C=O) groups is 1. The van der Waals surface area contributed by atoms with Gasteiger partial charge in [-0.25, -0.2) is 0 Å². The lowest BCUT2D eigenvalue weighted by Gasteiger charge is -2.29. The first-order valence-corrected chi connectivity index (χ1v) is 10.3. The number of hydrogen-bond donors (Lipinski definition) is 0. The molecule has 0 aliphatic carbocycles. The topological polar surface area (TPSA) is 38.8 Å². The summed E-state index contributed by atoms with van der Waals surface area (Å²) in [4.78, 5) is 15.1. The van der Waals surface area contributed by atoms with Gasteiger partial charge in [0, 0.05) is 23.1 Å². The Hall–Kier alpha value is -2.79. The molecule has 0 radical (unpaired) electrons. The summed E-state index contributed by atoms with van der Waals surface area (Å²) >= 11 is 12.2. The van der Waals surface area contributed by atoms with E-state index in [9.17, 15) is 4.79 Å². The van der Waals surface area contributed by atoms with Crippen LogP contribution in [0.2, 0.25) is 10.0 Å². The van der Waals surface area contributed by atoms with E-state index in [1.165, 1.54) is 5.56 Å². The molecule has 0 unspecified atom stereocenters. The van der Waals surface area contributed by atoms with Crippen LogP contribution >= 0.6 is 23.2 Å². The van der Waals surface area contributed by atoms with Crippen molar-refractivity contribution < 1.29 is 14.3 Å². The third-order valence-electron chi connectivity index (χ3n) is 5.18. The Balaban J connectivity index is 1.44. The molecule has 4 nitrogen and oxygen atoms in total. The Labute approximate surface area is 184 Å². The maximum atomic E-state index is 12.9. The molecule has 0 aromatic heterocycles. The van der Waals surface area contributed by atoms with Crippen LogP contribution in [-0.4, -0.2) is 17.4 Å². The Kier molecular flexibility index (Phi) is 4.99. The van der Waals surface area contributed by atoms with Gasteiger partial charge in [0.05, 0.1) is 11.1 Å². The molecule has 150 valence electrons. The summed E-state index contributed by atoms with van der Waals surface area (Å²) < 4.78 is 12.0. The van der Waals surface area contributed by atoms with Crippen molar-refractivity contribution in [2.75, 3.05) is 6.73 Å². The molecule has 2 aliphatic heterocycles. The third-order valence-corrected chi connectivity index (χ3v) is 5.74. The van der Waals surface area contributed by atoms with Crippen LogP contribution in [0.4, 0.5) is 0 Å². The number of hydrogen-bond acceptors (Lipinski definition) is 4. The quantitative estimate of drug-likeness (QED) is 0.473. The molecule has 5 rings (SSSR count).